The second kappa shape index (κ2) is 7.29. The first-order chi connectivity index (χ1) is 11.3. The van der Waals surface area contributed by atoms with Crippen molar-refractivity contribution in [3.8, 4) is 11.4 Å². The van der Waals surface area contributed by atoms with E-state index in [2.05, 4.69) is 26.8 Å². The third-order valence-corrected chi connectivity index (χ3v) is 2.94. The molecule has 2 rings (SSSR count). The van der Waals surface area contributed by atoms with Gasteiger partial charge in [0, 0.05) is 18.0 Å². The summed E-state index contributed by atoms with van der Waals surface area (Å²) in [7, 11) is 0. The van der Waals surface area contributed by atoms with E-state index in [9.17, 15) is 13.2 Å². The van der Waals surface area contributed by atoms with Gasteiger partial charge in [-0.1, -0.05) is 6.92 Å². The van der Waals surface area contributed by atoms with Crippen LogP contribution in [-0.2, 0) is 10.9 Å². The second-order valence-electron chi connectivity index (χ2n) is 5.10. The zero-order valence-corrected chi connectivity index (χ0v) is 13.3. The van der Waals surface area contributed by atoms with Crippen molar-refractivity contribution in [1.29, 1.82) is 0 Å². The number of nitrogens with one attached hydrogen (secondary N) is 1. The molecular formula is C16H17F3N4O. The molecular weight excluding hydrogens is 321 g/mol. The molecule has 0 bridgehead atoms. The highest BCUT2D eigenvalue weighted by atomic mass is 19.4. The molecule has 0 saturated carbocycles. The Balaban J connectivity index is 2.37. The molecule has 8 heteroatoms. The minimum Gasteiger partial charge on any atom is -0.479 e. The highest BCUT2D eigenvalue weighted by Gasteiger charge is 2.36. The fourth-order valence-corrected chi connectivity index (χ4v) is 1.92. The van der Waals surface area contributed by atoms with E-state index < -0.39 is 11.9 Å². The summed E-state index contributed by atoms with van der Waals surface area (Å²) < 4.78 is 45.1. The van der Waals surface area contributed by atoms with Crippen molar-refractivity contribution in [3.05, 3.63) is 48.4 Å². The highest BCUT2D eigenvalue weighted by molar-refractivity contribution is 5.59. The molecule has 0 amide bonds. The Bertz CT molecular complexity index is 732. The van der Waals surface area contributed by atoms with E-state index in [0.29, 0.717) is 18.6 Å². The number of aromatic nitrogens is 3. The number of pyridine rings is 1. The van der Waals surface area contributed by atoms with Crippen LogP contribution in [-0.4, -0.2) is 21.6 Å². The summed E-state index contributed by atoms with van der Waals surface area (Å²) in [6.07, 6.45) is 0.136. The van der Waals surface area contributed by atoms with Gasteiger partial charge in [0.2, 0.25) is 0 Å². The number of hydrogen-bond acceptors (Lipinski definition) is 5. The molecule has 0 saturated heterocycles. The Morgan fingerprint density at radius 2 is 2.04 bits per heavy atom. The third kappa shape index (κ3) is 4.43. The second-order valence-corrected chi connectivity index (χ2v) is 5.10. The fraction of sp³-hybridized carbons (Fsp3) is 0.312. The lowest BCUT2D eigenvalue weighted by Gasteiger charge is -2.16. The van der Waals surface area contributed by atoms with Crippen LogP contribution in [0.15, 0.2) is 37.1 Å². The van der Waals surface area contributed by atoms with Gasteiger partial charge in [-0.05, 0) is 31.6 Å². The smallest absolute Gasteiger partial charge is 0.435 e. The summed E-state index contributed by atoms with van der Waals surface area (Å²) in [6, 6.07) is 1.67. The van der Waals surface area contributed by atoms with Gasteiger partial charge in [-0.3, -0.25) is 4.98 Å². The van der Waals surface area contributed by atoms with Crippen molar-refractivity contribution in [3.63, 3.8) is 0 Å². The zero-order valence-electron chi connectivity index (χ0n) is 13.3. The first-order valence-electron chi connectivity index (χ1n) is 7.26. The Labute approximate surface area is 137 Å². The van der Waals surface area contributed by atoms with E-state index in [4.69, 9.17) is 4.74 Å². The zero-order chi connectivity index (χ0) is 17.7. The van der Waals surface area contributed by atoms with Crippen molar-refractivity contribution >= 4 is 5.69 Å². The Kier molecular flexibility index (Phi) is 5.38. The van der Waals surface area contributed by atoms with Crippen LogP contribution in [0.4, 0.5) is 18.9 Å². The van der Waals surface area contributed by atoms with Gasteiger partial charge in [-0.15, -0.1) is 0 Å². The predicted octanol–water partition coefficient (Wildman–Crippen LogP) is 4.18. The van der Waals surface area contributed by atoms with Crippen LogP contribution in [0.3, 0.4) is 0 Å². The van der Waals surface area contributed by atoms with E-state index in [1.165, 1.54) is 6.20 Å². The lowest BCUT2D eigenvalue weighted by Crippen LogP contribution is -2.15. The maximum atomic E-state index is 13.3. The molecule has 2 aromatic heterocycles. The minimum atomic E-state index is -4.65. The SMILES string of the molecule is C=C(Nc1cnc(-c2cncc(C)c2)nc1C(F)(F)F)OCCC. The summed E-state index contributed by atoms with van der Waals surface area (Å²) in [5, 5.41) is 2.46. The minimum absolute atomic E-state index is 0.0101. The van der Waals surface area contributed by atoms with E-state index in [1.54, 1.807) is 19.2 Å². The first kappa shape index (κ1) is 17.7. The fourth-order valence-electron chi connectivity index (χ4n) is 1.92. The number of halogens is 3. The van der Waals surface area contributed by atoms with Crippen molar-refractivity contribution in [2.24, 2.45) is 0 Å². The topological polar surface area (TPSA) is 59.9 Å². The first-order valence-corrected chi connectivity index (χ1v) is 7.26. The van der Waals surface area contributed by atoms with Gasteiger partial charge in [0.1, 0.15) is 0 Å². The molecule has 0 unspecified atom stereocenters. The number of anilines is 1. The van der Waals surface area contributed by atoms with Gasteiger partial charge in [-0.25, -0.2) is 9.97 Å². The van der Waals surface area contributed by atoms with Crippen LogP contribution >= 0.6 is 0 Å². The number of nitrogens with zero attached hydrogens (tertiary/aromatic N) is 3. The molecule has 0 atom stereocenters. The molecule has 0 spiro atoms. The van der Waals surface area contributed by atoms with Crippen molar-refractivity contribution < 1.29 is 17.9 Å². The van der Waals surface area contributed by atoms with Crippen LogP contribution in [0.25, 0.3) is 11.4 Å². The highest BCUT2D eigenvalue weighted by Crippen LogP contribution is 2.34. The number of hydrogen-bond donors (Lipinski definition) is 1. The number of alkyl halides is 3. The van der Waals surface area contributed by atoms with Gasteiger partial charge in [0.25, 0.3) is 0 Å². The summed E-state index contributed by atoms with van der Waals surface area (Å²) in [6.45, 7) is 7.55. The monoisotopic (exact) mass is 338 g/mol. The van der Waals surface area contributed by atoms with Gasteiger partial charge in [0.15, 0.2) is 17.4 Å². The summed E-state index contributed by atoms with van der Waals surface area (Å²) in [5.41, 5.74) is -0.190. The van der Waals surface area contributed by atoms with Crippen molar-refractivity contribution in [2.75, 3.05) is 11.9 Å². The predicted molar refractivity (Wildman–Crippen MR) is 84.0 cm³/mol. The van der Waals surface area contributed by atoms with Crippen LogP contribution in [0.5, 0.6) is 0 Å². The summed E-state index contributed by atoms with van der Waals surface area (Å²) in [4.78, 5) is 11.6. The van der Waals surface area contributed by atoms with Crippen molar-refractivity contribution in [2.45, 2.75) is 26.4 Å². The summed E-state index contributed by atoms with van der Waals surface area (Å²) in [5.74, 6) is -0.0416. The lowest BCUT2D eigenvalue weighted by molar-refractivity contribution is -0.140. The Morgan fingerprint density at radius 3 is 2.67 bits per heavy atom. The van der Waals surface area contributed by atoms with E-state index in [-0.39, 0.29) is 17.4 Å². The molecule has 0 aliphatic rings. The molecule has 2 heterocycles. The largest absolute Gasteiger partial charge is 0.479 e. The van der Waals surface area contributed by atoms with Crippen LogP contribution in [0.1, 0.15) is 24.6 Å². The molecule has 0 fully saturated rings. The molecule has 1 N–H and O–H groups in total. The Morgan fingerprint density at radius 1 is 1.29 bits per heavy atom. The van der Waals surface area contributed by atoms with E-state index >= 15 is 0 Å². The van der Waals surface area contributed by atoms with Crippen LogP contribution in [0, 0.1) is 6.92 Å². The average molecular weight is 338 g/mol. The molecule has 2 aromatic rings. The molecule has 0 aliphatic carbocycles. The summed E-state index contributed by atoms with van der Waals surface area (Å²) >= 11 is 0. The molecule has 24 heavy (non-hydrogen) atoms. The Hall–Kier alpha value is -2.64. The van der Waals surface area contributed by atoms with Crippen LogP contribution in [0.2, 0.25) is 0 Å². The van der Waals surface area contributed by atoms with Crippen molar-refractivity contribution in [1.82, 2.24) is 15.0 Å². The number of aryl methyl sites for hydroxylation is 1. The quantitative estimate of drug-likeness (QED) is 0.801. The average Bonchev–Trinajstić information content (AvgIpc) is 2.52. The van der Waals surface area contributed by atoms with E-state index in [0.717, 1.165) is 11.8 Å². The maximum Gasteiger partial charge on any atom is 0.435 e. The lowest BCUT2D eigenvalue weighted by atomic mass is 10.2. The van der Waals surface area contributed by atoms with E-state index in [1.807, 2.05) is 6.92 Å². The molecule has 128 valence electrons. The standard InChI is InChI=1S/C16H17F3N4O/c1-4-5-24-11(3)22-13-9-21-15(23-14(13)16(17,18)19)12-6-10(2)7-20-8-12/h6-9,22H,3-5H2,1-2H3. The van der Waals surface area contributed by atoms with Crippen LogP contribution < -0.4 is 5.32 Å². The molecule has 0 radical (unpaired) electrons. The third-order valence-electron chi connectivity index (χ3n) is 2.94. The normalized spacial score (nSPS) is 11.2. The molecule has 0 aromatic carbocycles. The number of ether oxygens (including phenoxy) is 1. The molecule has 0 aliphatic heterocycles. The number of rotatable bonds is 6. The van der Waals surface area contributed by atoms with Gasteiger partial charge in [0.05, 0.1) is 18.5 Å². The van der Waals surface area contributed by atoms with Gasteiger partial charge < -0.3 is 10.1 Å². The maximum absolute atomic E-state index is 13.3. The van der Waals surface area contributed by atoms with Gasteiger partial charge >= 0.3 is 6.18 Å². The molecule has 5 nitrogen and oxygen atoms in total. The van der Waals surface area contributed by atoms with Gasteiger partial charge in [-0.2, -0.15) is 13.2 Å².